The third kappa shape index (κ3) is 2.78. The number of aromatic nitrogens is 1. The molecule has 0 saturated heterocycles. The van der Waals surface area contributed by atoms with E-state index >= 15 is 0 Å². The molecule has 0 atom stereocenters. The van der Waals surface area contributed by atoms with Crippen molar-refractivity contribution in [1.82, 2.24) is 10.3 Å². The Labute approximate surface area is 130 Å². The standard InChI is InChI=1S/C18H22N2O2/c1-17(2,3)22-16(21)20-18(10-6-11-18)15-14-8-5-4-7-13(14)9-12-19-15/h4-5,7-9,12H,6,10-11H2,1-3H3,(H,20,21). The van der Waals surface area contributed by atoms with Crippen LogP contribution in [0.4, 0.5) is 4.79 Å². The van der Waals surface area contributed by atoms with Crippen molar-refractivity contribution in [1.29, 1.82) is 0 Å². The monoisotopic (exact) mass is 298 g/mol. The molecular formula is C18H22N2O2. The number of amides is 1. The third-order valence-corrected chi connectivity index (χ3v) is 4.07. The summed E-state index contributed by atoms with van der Waals surface area (Å²) in [4.78, 5) is 16.8. The van der Waals surface area contributed by atoms with Crippen LogP contribution < -0.4 is 5.32 Å². The Morgan fingerprint density at radius 3 is 2.59 bits per heavy atom. The van der Waals surface area contributed by atoms with Crippen LogP contribution in [0.1, 0.15) is 45.7 Å². The molecule has 4 nitrogen and oxygen atoms in total. The number of pyridine rings is 1. The number of carbonyl (C=O) groups is 1. The summed E-state index contributed by atoms with van der Waals surface area (Å²) in [5, 5.41) is 5.31. The van der Waals surface area contributed by atoms with Gasteiger partial charge in [0.1, 0.15) is 5.60 Å². The second-order valence-corrected chi connectivity index (χ2v) is 6.94. The molecule has 1 aliphatic carbocycles. The molecule has 22 heavy (non-hydrogen) atoms. The van der Waals surface area contributed by atoms with Crippen molar-refractivity contribution in [2.45, 2.75) is 51.2 Å². The van der Waals surface area contributed by atoms with Gasteiger partial charge in [-0.3, -0.25) is 4.98 Å². The van der Waals surface area contributed by atoms with E-state index in [1.165, 1.54) is 0 Å². The van der Waals surface area contributed by atoms with E-state index in [0.29, 0.717) is 0 Å². The van der Waals surface area contributed by atoms with Crippen LogP contribution in [0, 0.1) is 0 Å². The number of alkyl carbamates (subject to hydrolysis) is 1. The lowest BCUT2D eigenvalue weighted by molar-refractivity contribution is 0.0374. The minimum atomic E-state index is -0.499. The van der Waals surface area contributed by atoms with Gasteiger partial charge in [-0.2, -0.15) is 0 Å². The molecule has 1 aliphatic rings. The molecule has 0 unspecified atom stereocenters. The molecule has 1 saturated carbocycles. The number of nitrogens with zero attached hydrogens (tertiary/aromatic N) is 1. The van der Waals surface area contributed by atoms with Crippen molar-refractivity contribution in [2.75, 3.05) is 0 Å². The molecule has 1 heterocycles. The Bertz CT molecular complexity index is 694. The maximum absolute atomic E-state index is 12.2. The van der Waals surface area contributed by atoms with E-state index in [1.54, 1.807) is 0 Å². The summed E-state index contributed by atoms with van der Waals surface area (Å²) in [6, 6.07) is 10.2. The summed E-state index contributed by atoms with van der Waals surface area (Å²) in [5.41, 5.74) is 0.0485. The lowest BCUT2D eigenvalue weighted by atomic mass is 9.73. The zero-order chi connectivity index (χ0) is 15.8. The van der Waals surface area contributed by atoms with Gasteiger partial charge in [0.2, 0.25) is 0 Å². The molecule has 1 N–H and O–H groups in total. The van der Waals surface area contributed by atoms with Gasteiger partial charge in [0.25, 0.3) is 0 Å². The minimum absolute atomic E-state index is 0.373. The average Bonchev–Trinajstić information content (AvgIpc) is 2.40. The topological polar surface area (TPSA) is 51.2 Å². The molecule has 1 aromatic heterocycles. The maximum Gasteiger partial charge on any atom is 0.408 e. The number of hydrogen-bond donors (Lipinski definition) is 1. The third-order valence-electron chi connectivity index (χ3n) is 4.07. The zero-order valence-corrected chi connectivity index (χ0v) is 13.3. The SMILES string of the molecule is CC(C)(C)OC(=O)NC1(c2nccc3ccccc23)CCC1. The van der Waals surface area contributed by atoms with Crippen molar-refractivity contribution in [3.8, 4) is 0 Å². The lowest BCUT2D eigenvalue weighted by Gasteiger charge is -2.42. The van der Waals surface area contributed by atoms with Crippen molar-refractivity contribution < 1.29 is 9.53 Å². The average molecular weight is 298 g/mol. The van der Waals surface area contributed by atoms with E-state index in [2.05, 4.69) is 22.4 Å². The highest BCUT2D eigenvalue weighted by Crippen LogP contribution is 2.43. The van der Waals surface area contributed by atoms with E-state index in [4.69, 9.17) is 4.74 Å². The molecule has 3 rings (SSSR count). The Kier molecular flexibility index (Phi) is 3.55. The Hall–Kier alpha value is -2.10. The van der Waals surface area contributed by atoms with Gasteiger partial charge in [0, 0.05) is 11.6 Å². The van der Waals surface area contributed by atoms with Crippen LogP contribution in [-0.4, -0.2) is 16.7 Å². The second kappa shape index (κ2) is 5.27. The van der Waals surface area contributed by atoms with Crippen LogP contribution in [0.15, 0.2) is 36.5 Å². The fraction of sp³-hybridized carbons (Fsp3) is 0.444. The molecule has 2 aromatic rings. The van der Waals surface area contributed by atoms with Crippen LogP contribution in [0.2, 0.25) is 0 Å². The first-order valence-electron chi connectivity index (χ1n) is 7.75. The van der Waals surface area contributed by atoms with Gasteiger partial charge in [-0.05, 0) is 51.5 Å². The Morgan fingerprint density at radius 2 is 1.95 bits per heavy atom. The molecule has 0 bridgehead atoms. The largest absolute Gasteiger partial charge is 0.444 e. The van der Waals surface area contributed by atoms with Crippen molar-refractivity contribution >= 4 is 16.9 Å². The minimum Gasteiger partial charge on any atom is -0.444 e. The molecule has 0 aliphatic heterocycles. The van der Waals surface area contributed by atoms with E-state index in [-0.39, 0.29) is 6.09 Å². The van der Waals surface area contributed by atoms with Gasteiger partial charge in [0.15, 0.2) is 0 Å². The molecule has 0 radical (unpaired) electrons. The number of nitrogens with one attached hydrogen (secondary N) is 1. The van der Waals surface area contributed by atoms with E-state index in [1.807, 2.05) is 45.2 Å². The second-order valence-electron chi connectivity index (χ2n) is 6.94. The van der Waals surface area contributed by atoms with Crippen LogP contribution in [-0.2, 0) is 10.3 Å². The molecular weight excluding hydrogens is 276 g/mol. The number of ether oxygens (including phenoxy) is 1. The highest BCUT2D eigenvalue weighted by Gasteiger charge is 2.43. The highest BCUT2D eigenvalue weighted by atomic mass is 16.6. The summed E-state index contributed by atoms with van der Waals surface area (Å²) in [7, 11) is 0. The van der Waals surface area contributed by atoms with Gasteiger partial charge >= 0.3 is 6.09 Å². The van der Waals surface area contributed by atoms with Gasteiger partial charge in [0.05, 0.1) is 11.2 Å². The summed E-state index contributed by atoms with van der Waals surface area (Å²) < 4.78 is 5.42. The molecule has 4 heteroatoms. The molecule has 1 aromatic carbocycles. The number of hydrogen-bond acceptors (Lipinski definition) is 3. The quantitative estimate of drug-likeness (QED) is 0.906. The van der Waals surface area contributed by atoms with Crippen molar-refractivity contribution in [2.24, 2.45) is 0 Å². The van der Waals surface area contributed by atoms with Gasteiger partial charge in [-0.25, -0.2) is 4.79 Å². The number of benzene rings is 1. The predicted molar refractivity (Wildman–Crippen MR) is 86.6 cm³/mol. The smallest absolute Gasteiger partial charge is 0.408 e. The van der Waals surface area contributed by atoms with E-state index in [9.17, 15) is 4.79 Å². The fourth-order valence-corrected chi connectivity index (χ4v) is 2.95. The lowest BCUT2D eigenvalue weighted by Crippen LogP contribution is -2.52. The molecule has 116 valence electrons. The number of carbonyl (C=O) groups excluding carboxylic acids is 1. The first-order chi connectivity index (χ1) is 10.4. The fourth-order valence-electron chi connectivity index (χ4n) is 2.95. The first kappa shape index (κ1) is 14.8. The number of rotatable bonds is 2. The van der Waals surface area contributed by atoms with Crippen LogP contribution in [0.5, 0.6) is 0 Å². The normalized spacial score (nSPS) is 16.9. The Balaban J connectivity index is 1.94. The predicted octanol–water partition coefficient (Wildman–Crippen LogP) is 4.14. The zero-order valence-electron chi connectivity index (χ0n) is 13.3. The summed E-state index contributed by atoms with van der Waals surface area (Å²) >= 11 is 0. The van der Waals surface area contributed by atoms with E-state index in [0.717, 1.165) is 35.7 Å². The van der Waals surface area contributed by atoms with Gasteiger partial charge in [-0.1, -0.05) is 24.3 Å². The van der Waals surface area contributed by atoms with Crippen molar-refractivity contribution in [3.05, 3.63) is 42.2 Å². The molecule has 1 amide bonds. The Morgan fingerprint density at radius 1 is 1.23 bits per heavy atom. The molecule has 1 fully saturated rings. The highest BCUT2D eigenvalue weighted by molar-refractivity contribution is 5.86. The summed E-state index contributed by atoms with van der Waals surface area (Å²) in [6.45, 7) is 5.61. The first-order valence-corrected chi connectivity index (χ1v) is 7.75. The maximum atomic E-state index is 12.2. The van der Waals surface area contributed by atoms with Crippen LogP contribution in [0.3, 0.4) is 0 Å². The summed E-state index contributed by atoms with van der Waals surface area (Å²) in [6.07, 6.45) is 4.32. The van der Waals surface area contributed by atoms with E-state index < -0.39 is 11.1 Å². The van der Waals surface area contributed by atoms with Crippen molar-refractivity contribution in [3.63, 3.8) is 0 Å². The van der Waals surface area contributed by atoms with Gasteiger partial charge in [-0.15, -0.1) is 0 Å². The van der Waals surface area contributed by atoms with Gasteiger partial charge < -0.3 is 10.1 Å². The summed E-state index contributed by atoms with van der Waals surface area (Å²) in [5.74, 6) is 0. The number of fused-ring (bicyclic) bond motifs is 1. The van der Waals surface area contributed by atoms with Crippen LogP contribution >= 0.6 is 0 Å². The molecule has 0 spiro atoms. The van der Waals surface area contributed by atoms with Crippen LogP contribution in [0.25, 0.3) is 10.8 Å².